The van der Waals surface area contributed by atoms with E-state index in [1.807, 2.05) is 0 Å². The Morgan fingerprint density at radius 3 is 2.40 bits per heavy atom. The van der Waals surface area contributed by atoms with E-state index in [0.717, 1.165) is 0 Å². The fourth-order valence-corrected chi connectivity index (χ4v) is 0.0556. The summed E-state index contributed by atoms with van der Waals surface area (Å²) in [6.45, 7) is 0. The highest BCUT2D eigenvalue weighted by atomic mass is 14.8. The Kier molecular flexibility index (Phi) is 2.90. The SMILES string of the molecule is [CH]N/C=C\N. The molecule has 2 nitrogen and oxygen atoms in total. The second-order valence-electron chi connectivity index (χ2n) is 0.526. The van der Waals surface area contributed by atoms with Crippen LogP contribution in [-0.4, -0.2) is 0 Å². The maximum atomic E-state index is 4.82. The van der Waals surface area contributed by atoms with Gasteiger partial charge in [-0.3, -0.25) is 0 Å². The minimum absolute atomic E-state index is 1.32. The number of nitrogens with two attached hydrogens (primary N) is 1. The van der Waals surface area contributed by atoms with Gasteiger partial charge in [-0.1, -0.05) is 0 Å². The van der Waals surface area contributed by atoms with Gasteiger partial charge in [-0.2, -0.15) is 0 Å². The summed E-state index contributed by atoms with van der Waals surface area (Å²) in [7, 11) is 4.72. The van der Waals surface area contributed by atoms with Crippen molar-refractivity contribution in [3.8, 4) is 0 Å². The molecule has 0 atom stereocenters. The van der Waals surface area contributed by atoms with Crippen LogP contribution in [0.1, 0.15) is 0 Å². The third kappa shape index (κ3) is 3.34. The molecule has 0 rings (SSSR count). The highest BCUT2D eigenvalue weighted by Gasteiger charge is 1.46. The van der Waals surface area contributed by atoms with Crippen LogP contribution < -0.4 is 11.1 Å². The van der Waals surface area contributed by atoms with Crippen molar-refractivity contribution in [2.75, 3.05) is 0 Å². The van der Waals surface area contributed by atoms with Crippen molar-refractivity contribution in [1.29, 1.82) is 0 Å². The van der Waals surface area contributed by atoms with E-state index >= 15 is 0 Å². The molecule has 2 heteroatoms. The van der Waals surface area contributed by atoms with Crippen LogP contribution in [0.5, 0.6) is 0 Å². The van der Waals surface area contributed by atoms with Crippen molar-refractivity contribution in [2.45, 2.75) is 0 Å². The van der Waals surface area contributed by atoms with Gasteiger partial charge in [-0.25, -0.2) is 0 Å². The first-order valence-corrected chi connectivity index (χ1v) is 1.24. The van der Waals surface area contributed by atoms with E-state index in [1.165, 1.54) is 12.4 Å². The van der Waals surface area contributed by atoms with E-state index < -0.39 is 0 Å². The molecule has 0 saturated heterocycles. The quantitative estimate of drug-likeness (QED) is 0.415. The van der Waals surface area contributed by atoms with Crippen LogP contribution in [0.15, 0.2) is 12.4 Å². The smallest absolute Gasteiger partial charge is 0.0700 e. The third-order valence-electron chi connectivity index (χ3n) is 0.192. The van der Waals surface area contributed by atoms with Crippen molar-refractivity contribution >= 4 is 0 Å². The van der Waals surface area contributed by atoms with Crippen molar-refractivity contribution in [3.05, 3.63) is 19.4 Å². The Labute approximate surface area is 31.7 Å². The number of hydrogen-bond acceptors (Lipinski definition) is 2. The number of nitrogens with one attached hydrogen (secondary N) is 1. The summed E-state index contributed by atoms with van der Waals surface area (Å²) >= 11 is 0. The van der Waals surface area contributed by atoms with E-state index in [-0.39, 0.29) is 0 Å². The van der Waals surface area contributed by atoms with Gasteiger partial charge in [0.1, 0.15) is 0 Å². The van der Waals surface area contributed by atoms with Gasteiger partial charge in [0.15, 0.2) is 0 Å². The van der Waals surface area contributed by atoms with E-state index in [0.29, 0.717) is 0 Å². The number of hydrogen-bond donors (Lipinski definition) is 2. The first-order valence-electron chi connectivity index (χ1n) is 1.24. The van der Waals surface area contributed by atoms with Crippen LogP contribution in [0.2, 0.25) is 0 Å². The molecule has 3 N–H and O–H groups in total. The largest absolute Gasteiger partial charge is 0.403 e. The van der Waals surface area contributed by atoms with Gasteiger partial charge in [0.05, 0.1) is 7.05 Å². The zero-order chi connectivity index (χ0) is 4.12. The molecule has 0 fully saturated rings. The van der Waals surface area contributed by atoms with Crippen LogP contribution in [0.25, 0.3) is 0 Å². The van der Waals surface area contributed by atoms with Crippen molar-refractivity contribution in [1.82, 2.24) is 5.32 Å². The lowest BCUT2D eigenvalue weighted by atomic mass is 10.9. The molecular formula is C3H6N2. The molecule has 0 aromatic rings. The van der Waals surface area contributed by atoms with Gasteiger partial charge in [-0.05, 0) is 0 Å². The highest BCUT2D eigenvalue weighted by Crippen LogP contribution is 1.44. The minimum atomic E-state index is 1.32. The lowest BCUT2D eigenvalue weighted by molar-refractivity contribution is 1.18. The fraction of sp³-hybridized carbons (Fsp3) is 0. The Hall–Kier alpha value is -0.660. The van der Waals surface area contributed by atoms with Gasteiger partial charge in [0.2, 0.25) is 0 Å². The van der Waals surface area contributed by atoms with E-state index in [4.69, 9.17) is 12.8 Å². The van der Waals surface area contributed by atoms with Gasteiger partial charge in [0, 0.05) is 12.4 Å². The summed E-state index contributed by atoms with van der Waals surface area (Å²) in [6.07, 6.45) is 2.75. The Morgan fingerprint density at radius 2 is 2.40 bits per heavy atom. The van der Waals surface area contributed by atoms with Gasteiger partial charge in [0.25, 0.3) is 0 Å². The molecule has 5 heavy (non-hydrogen) atoms. The molecule has 0 saturated carbocycles. The zero-order valence-electron chi connectivity index (χ0n) is 2.81. The van der Waals surface area contributed by atoms with Crippen LogP contribution in [0, 0.1) is 7.05 Å². The maximum Gasteiger partial charge on any atom is 0.0700 e. The first kappa shape index (κ1) is 4.34. The molecule has 0 spiro atoms. The second kappa shape index (κ2) is 3.34. The Balaban J connectivity index is 2.62. The van der Waals surface area contributed by atoms with Crippen molar-refractivity contribution < 1.29 is 0 Å². The van der Waals surface area contributed by atoms with Crippen LogP contribution in [-0.2, 0) is 0 Å². The molecule has 0 aromatic heterocycles. The summed E-state index contributed by atoms with van der Waals surface area (Å²) in [5.41, 5.74) is 4.82. The molecule has 0 aromatic carbocycles. The monoisotopic (exact) mass is 70.1 g/mol. The van der Waals surface area contributed by atoms with Gasteiger partial charge in [-0.15, -0.1) is 0 Å². The average molecular weight is 70.1 g/mol. The lowest BCUT2D eigenvalue weighted by Gasteiger charge is -1.74. The van der Waals surface area contributed by atoms with Gasteiger partial charge >= 0.3 is 0 Å². The molecular weight excluding hydrogens is 64.0 g/mol. The third-order valence-corrected chi connectivity index (χ3v) is 0.192. The van der Waals surface area contributed by atoms with Gasteiger partial charge < -0.3 is 11.1 Å². The molecule has 0 aliphatic rings. The van der Waals surface area contributed by atoms with Crippen molar-refractivity contribution in [2.24, 2.45) is 5.73 Å². The predicted octanol–water partition coefficient (Wildman–Crippen LogP) is -0.326. The molecule has 28 valence electrons. The second-order valence-corrected chi connectivity index (χ2v) is 0.526. The molecule has 0 unspecified atom stereocenters. The summed E-state index contributed by atoms with van der Waals surface area (Å²) in [5.74, 6) is 0. The highest BCUT2D eigenvalue weighted by molar-refractivity contribution is 4.70. The molecule has 0 bridgehead atoms. The zero-order valence-corrected chi connectivity index (χ0v) is 2.81. The molecule has 0 heterocycles. The fourth-order valence-electron chi connectivity index (χ4n) is 0.0556. The predicted molar refractivity (Wildman–Crippen MR) is 20.8 cm³/mol. The average Bonchev–Trinajstić information content (AvgIpc) is 1.41. The molecule has 2 radical (unpaired) electrons. The van der Waals surface area contributed by atoms with Crippen LogP contribution in [0.4, 0.5) is 0 Å². The summed E-state index contributed by atoms with van der Waals surface area (Å²) in [6, 6.07) is 0. The van der Waals surface area contributed by atoms with Crippen molar-refractivity contribution in [3.63, 3.8) is 0 Å². The Bertz CT molecular complexity index is 31.9. The molecule has 0 aliphatic carbocycles. The summed E-state index contributed by atoms with van der Waals surface area (Å²) in [5, 5.41) is 2.21. The van der Waals surface area contributed by atoms with E-state index in [9.17, 15) is 0 Å². The standard InChI is InChI=1S/C3H6N2/c1-5-3-2-4/h1-3,5H,4H2/b3-2-. The normalized spacial score (nSPS) is 9.00. The maximum absolute atomic E-state index is 4.82. The van der Waals surface area contributed by atoms with Crippen LogP contribution >= 0.6 is 0 Å². The van der Waals surface area contributed by atoms with Crippen LogP contribution in [0.3, 0.4) is 0 Å². The Morgan fingerprint density at radius 1 is 1.80 bits per heavy atom. The van der Waals surface area contributed by atoms with E-state index in [2.05, 4.69) is 5.32 Å². The van der Waals surface area contributed by atoms with E-state index in [1.54, 1.807) is 0 Å². The number of rotatable bonds is 1. The summed E-state index contributed by atoms with van der Waals surface area (Å²) < 4.78 is 0. The molecule has 0 aliphatic heterocycles. The summed E-state index contributed by atoms with van der Waals surface area (Å²) in [4.78, 5) is 0. The molecule has 0 amide bonds. The topological polar surface area (TPSA) is 38.0 Å². The first-order chi connectivity index (χ1) is 2.41. The minimum Gasteiger partial charge on any atom is -0.403 e. The lowest BCUT2D eigenvalue weighted by Crippen LogP contribution is -1.89.